The van der Waals surface area contributed by atoms with Gasteiger partial charge in [-0.3, -0.25) is 4.79 Å². The van der Waals surface area contributed by atoms with E-state index in [1.165, 1.54) is 0 Å². The molecule has 2 aliphatic heterocycles. The summed E-state index contributed by atoms with van der Waals surface area (Å²) >= 11 is 0. The number of benzene rings is 1. The predicted molar refractivity (Wildman–Crippen MR) is 104 cm³/mol. The highest BCUT2D eigenvalue weighted by Crippen LogP contribution is 2.32. The van der Waals surface area contributed by atoms with Crippen molar-refractivity contribution in [3.63, 3.8) is 0 Å². The largest absolute Gasteiger partial charge is 0.424 e. The van der Waals surface area contributed by atoms with Gasteiger partial charge >= 0.3 is 0 Å². The van der Waals surface area contributed by atoms with Crippen LogP contribution in [0.1, 0.15) is 33.4 Å². The number of carbonyl (C=O) groups excluding carboxylic acids is 1. The van der Waals surface area contributed by atoms with Gasteiger partial charge in [0.25, 0.3) is 11.9 Å². The Bertz CT molecular complexity index is 1090. The Hall–Kier alpha value is -3.13. The van der Waals surface area contributed by atoms with Crippen LogP contribution in [0.3, 0.4) is 0 Å². The molecule has 1 atom stereocenters. The molecule has 0 aliphatic carbocycles. The number of hydrogen-bond donors (Lipinski definition) is 1. The average Bonchev–Trinajstić information content (AvgIpc) is 3.29. The van der Waals surface area contributed by atoms with Gasteiger partial charge in [-0.15, -0.1) is 0 Å². The van der Waals surface area contributed by atoms with Gasteiger partial charge in [0, 0.05) is 25.6 Å². The van der Waals surface area contributed by atoms with Crippen molar-refractivity contribution < 1.29 is 13.9 Å². The number of ether oxygens (including phenoxy) is 1. The van der Waals surface area contributed by atoms with Crippen LogP contribution in [0.25, 0.3) is 17.2 Å². The Balaban J connectivity index is 1.47. The number of nitrogen functional groups attached to an aromatic ring is 1. The van der Waals surface area contributed by atoms with Crippen LogP contribution in [0.4, 0.5) is 6.01 Å². The number of allylic oxidation sites excluding steroid dienone is 1. The van der Waals surface area contributed by atoms with Gasteiger partial charge < -0.3 is 24.4 Å². The van der Waals surface area contributed by atoms with E-state index in [1.807, 2.05) is 34.6 Å². The third-order valence-corrected chi connectivity index (χ3v) is 5.45. The zero-order valence-corrected chi connectivity index (χ0v) is 15.6. The standard InChI is InChI=1S/C20H21N5O3/c1-12-8-17-15(23-20(21)28-17)9-14(12)13-2-3-18-22-10-16(25(18)11-13)19(26)24-4-6-27-7-5-24/h2-3,8-10,13H,4-7,11H2,1H3,(H2,21,23). The number of oxazole rings is 1. The Morgan fingerprint density at radius 3 is 2.93 bits per heavy atom. The van der Waals surface area contributed by atoms with Gasteiger partial charge in [0.15, 0.2) is 5.58 Å². The van der Waals surface area contributed by atoms with E-state index in [4.69, 9.17) is 14.9 Å². The molecule has 0 bridgehead atoms. The number of anilines is 1. The molecule has 5 rings (SSSR count). The van der Waals surface area contributed by atoms with Crippen molar-refractivity contribution in [3.05, 3.63) is 47.1 Å². The van der Waals surface area contributed by atoms with Gasteiger partial charge in [-0.1, -0.05) is 6.08 Å². The van der Waals surface area contributed by atoms with Gasteiger partial charge in [0.2, 0.25) is 0 Å². The number of aromatic nitrogens is 3. The van der Waals surface area contributed by atoms with Crippen LogP contribution < -0.4 is 5.73 Å². The number of morpholine rings is 1. The van der Waals surface area contributed by atoms with Crippen molar-refractivity contribution >= 4 is 29.1 Å². The second-order valence-corrected chi connectivity index (χ2v) is 7.21. The second kappa shape index (κ2) is 6.49. The number of carbonyl (C=O) groups is 1. The lowest BCUT2D eigenvalue weighted by Gasteiger charge is -2.28. The van der Waals surface area contributed by atoms with Crippen LogP contribution in [-0.4, -0.2) is 51.6 Å². The maximum atomic E-state index is 13.0. The highest BCUT2D eigenvalue weighted by atomic mass is 16.5. The summed E-state index contributed by atoms with van der Waals surface area (Å²) < 4.78 is 12.8. The second-order valence-electron chi connectivity index (χ2n) is 7.21. The van der Waals surface area contributed by atoms with Crippen LogP contribution in [-0.2, 0) is 11.3 Å². The lowest BCUT2D eigenvalue weighted by molar-refractivity contribution is 0.0295. The van der Waals surface area contributed by atoms with Crippen LogP contribution in [0.5, 0.6) is 0 Å². The van der Waals surface area contributed by atoms with Crippen LogP contribution >= 0.6 is 0 Å². The summed E-state index contributed by atoms with van der Waals surface area (Å²) in [6.07, 6.45) is 5.78. The van der Waals surface area contributed by atoms with E-state index in [9.17, 15) is 4.79 Å². The molecule has 4 heterocycles. The fraction of sp³-hybridized carbons (Fsp3) is 0.350. The van der Waals surface area contributed by atoms with Crippen molar-refractivity contribution in [2.75, 3.05) is 32.0 Å². The van der Waals surface area contributed by atoms with E-state index in [-0.39, 0.29) is 17.8 Å². The fourth-order valence-corrected chi connectivity index (χ4v) is 3.98. The first-order valence-corrected chi connectivity index (χ1v) is 9.37. The zero-order valence-electron chi connectivity index (χ0n) is 15.6. The normalized spacial score (nSPS) is 19.2. The summed E-state index contributed by atoms with van der Waals surface area (Å²) in [7, 11) is 0. The summed E-state index contributed by atoms with van der Waals surface area (Å²) in [6.45, 7) is 5.08. The first-order valence-electron chi connectivity index (χ1n) is 9.37. The first-order chi connectivity index (χ1) is 13.6. The summed E-state index contributed by atoms with van der Waals surface area (Å²) in [5, 5.41) is 0. The summed E-state index contributed by atoms with van der Waals surface area (Å²) in [5.74, 6) is 0.921. The monoisotopic (exact) mass is 379 g/mol. The maximum absolute atomic E-state index is 13.0. The minimum atomic E-state index is 0.00699. The lowest BCUT2D eigenvalue weighted by Crippen LogP contribution is -2.41. The SMILES string of the molecule is Cc1cc2oc(N)nc2cc1C1C=Cc2ncc(C(=O)N3CCOCC3)n2C1. The Kier molecular flexibility index (Phi) is 3.94. The highest BCUT2D eigenvalue weighted by Gasteiger charge is 2.27. The van der Waals surface area contributed by atoms with E-state index in [1.54, 1.807) is 6.20 Å². The maximum Gasteiger partial charge on any atom is 0.292 e. The Morgan fingerprint density at radius 1 is 1.29 bits per heavy atom. The lowest BCUT2D eigenvalue weighted by atomic mass is 9.92. The van der Waals surface area contributed by atoms with Crippen LogP contribution in [0, 0.1) is 6.92 Å². The highest BCUT2D eigenvalue weighted by molar-refractivity contribution is 5.93. The van der Waals surface area contributed by atoms with Crippen LogP contribution in [0.15, 0.2) is 28.8 Å². The number of fused-ring (bicyclic) bond motifs is 2. The van der Waals surface area contributed by atoms with E-state index in [0.29, 0.717) is 44.1 Å². The van der Waals surface area contributed by atoms with Gasteiger partial charge in [-0.25, -0.2) is 4.98 Å². The molecule has 1 fully saturated rings. The Morgan fingerprint density at radius 2 is 2.11 bits per heavy atom. The summed E-state index contributed by atoms with van der Waals surface area (Å²) in [4.78, 5) is 23.5. The third kappa shape index (κ3) is 2.77. The molecule has 144 valence electrons. The number of amides is 1. The minimum Gasteiger partial charge on any atom is -0.424 e. The molecule has 2 aliphatic rings. The average molecular weight is 379 g/mol. The predicted octanol–water partition coefficient (Wildman–Crippen LogP) is 2.20. The van der Waals surface area contributed by atoms with E-state index < -0.39 is 0 Å². The third-order valence-electron chi connectivity index (χ3n) is 5.45. The van der Waals surface area contributed by atoms with Gasteiger partial charge in [-0.2, -0.15) is 4.98 Å². The van der Waals surface area contributed by atoms with Gasteiger partial charge in [0.1, 0.15) is 17.0 Å². The molecule has 1 amide bonds. The molecule has 1 aromatic carbocycles. The molecule has 2 N–H and O–H groups in total. The minimum absolute atomic E-state index is 0.00699. The van der Waals surface area contributed by atoms with E-state index in [2.05, 4.69) is 16.0 Å². The Labute approximate surface area is 161 Å². The van der Waals surface area contributed by atoms with Crippen molar-refractivity contribution in [3.8, 4) is 0 Å². The van der Waals surface area contributed by atoms with Crippen molar-refractivity contribution in [2.24, 2.45) is 0 Å². The fourth-order valence-electron chi connectivity index (χ4n) is 3.98. The number of aryl methyl sites for hydroxylation is 1. The summed E-state index contributed by atoms with van der Waals surface area (Å²) in [6, 6.07) is 4.15. The van der Waals surface area contributed by atoms with Gasteiger partial charge in [-0.05, 0) is 36.3 Å². The molecule has 0 radical (unpaired) electrons. The summed E-state index contributed by atoms with van der Waals surface area (Å²) in [5.41, 5.74) is 9.98. The number of rotatable bonds is 2. The smallest absolute Gasteiger partial charge is 0.292 e. The zero-order chi connectivity index (χ0) is 19.3. The van der Waals surface area contributed by atoms with E-state index in [0.717, 1.165) is 22.5 Å². The molecule has 2 aromatic heterocycles. The topological polar surface area (TPSA) is 99.4 Å². The number of hydrogen-bond acceptors (Lipinski definition) is 6. The molecule has 8 heteroatoms. The molecule has 1 saturated heterocycles. The molecule has 28 heavy (non-hydrogen) atoms. The molecule has 0 saturated carbocycles. The van der Waals surface area contributed by atoms with Crippen molar-refractivity contribution in [2.45, 2.75) is 19.4 Å². The number of imidazole rings is 1. The van der Waals surface area contributed by atoms with Crippen molar-refractivity contribution in [1.82, 2.24) is 19.4 Å². The van der Waals surface area contributed by atoms with E-state index >= 15 is 0 Å². The molecule has 8 nitrogen and oxygen atoms in total. The number of nitrogens with two attached hydrogens (primary N) is 1. The molecule has 3 aromatic rings. The quantitative estimate of drug-likeness (QED) is 0.733. The molecular weight excluding hydrogens is 358 g/mol. The molecular formula is C20H21N5O3. The number of nitrogens with zero attached hydrogens (tertiary/aromatic N) is 4. The molecule has 0 spiro atoms. The first kappa shape index (κ1) is 17.0. The van der Waals surface area contributed by atoms with Crippen LogP contribution in [0.2, 0.25) is 0 Å². The molecule has 1 unspecified atom stereocenters. The van der Waals surface area contributed by atoms with Crippen molar-refractivity contribution in [1.29, 1.82) is 0 Å². The van der Waals surface area contributed by atoms with Gasteiger partial charge in [0.05, 0.1) is 19.4 Å².